The van der Waals surface area contributed by atoms with Crippen LogP contribution in [0.1, 0.15) is 5.56 Å². The Bertz CT molecular complexity index is 997. The predicted octanol–water partition coefficient (Wildman–Crippen LogP) is 4.82. The van der Waals surface area contributed by atoms with Crippen LogP contribution in [0.2, 0.25) is 0 Å². The number of hydrogen-bond donors (Lipinski definition) is 0. The van der Waals surface area contributed by atoms with E-state index in [0.29, 0.717) is 0 Å². The monoisotopic (exact) mass is 327 g/mol. The maximum atomic E-state index is 4.57. The van der Waals surface area contributed by atoms with Gasteiger partial charge < -0.3 is 9.47 Å². The molecule has 0 amide bonds. The van der Waals surface area contributed by atoms with Gasteiger partial charge in [0.2, 0.25) is 0 Å². The number of benzene rings is 3. The third kappa shape index (κ3) is 3.26. The standard InChI is InChI=1S/C22H21N3/c1-24(2)21-11-9-19(10-12-21)22-15-25(16-23-22)14-17-7-8-18-5-3-4-6-20(18)13-17/h3-13,15-16H,14H2,1-2H3. The van der Waals surface area contributed by atoms with E-state index in [4.69, 9.17) is 0 Å². The van der Waals surface area contributed by atoms with Gasteiger partial charge in [-0.05, 0) is 34.5 Å². The Morgan fingerprint density at radius 1 is 0.880 bits per heavy atom. The van der Waals surface area contributed by atoms with Gasteiger partial charge >= 0.3 is 0 Å². The van der Waals surface area contributed by atoms with Crippen LogP contribution in [0.3, 0.4) is 0 Å². The molecule has 1 aromatic heterocycles. The Morgan fingerprint density at radius 2 is 1.64 bits per heavy atom. The summed E-state index contributed by atoms with van der Waals surface area (Å²) in [7, 11) is 4.10. The number of hydrogen-bond acceptors (Lipinski definition) is 2. The van der Waals surface area contributed by atoms with Crippen molar-refractivity contribution in [1.29, 1.82) is 0 Å². The summed E-state index contributed by atoms with van der Waals surface area (Å²) >= 11 is 0. The molecule has 4 aromatic rings. The van der Waals surface area contributed by atoms with Crippen molar-refractivity contribution in [1.82, 2.24) is 9.55 Å². The van der Waals surface area contributed by atoms with E-state index in [1.54, 1.807) is 0 Å². The van der Waals surface area contributed by atoms with Crippen LogP contribution in [0, 0.1) is 0 Å². The zero-order chi connectivity index (χ0) is 17.2. The normalized spacial score (nSPS) is 11.0. The van der Waals surface area contributed by atoms with Gasteiger partial charge in [0.1, 0.15) is 0 Å². The first-order valence-electron chi connectivity index (χ1n) is 8.46. The van der Waals surface area contributed by atoms with Gasteiger partial charge in [0.05, 0.1) is 12.0 Å². The van der Waals surface area contributed by atoms with Crippen molar-refractivity contribution in [3.05, 3.63) is 84.8 Å². The number of imidazole rings is 1. The first-order valence-corrected chi connectivity index (χ1v) is 8.46. The fourth-order valence-corrected chi connectivity index (χ4v) is 3.07. The SMILES string of the molecule is CN(C)c1ccc(-c2cn(Cc3ccc4ccccc4c3)cn2)cc1. The average molecular weight is 327 g/mol. The third-order valence-corrected chi connectivity index (χ3v) is 4.49. The maximum Gasteiger partial charge on any atom is 0.0956 e. The molecule has 3 aromatic carbocycles. The van der Waals surface area contributed by atoms with Crippen molar-refractivity contribution in [3.8, 4) is 11.3 Å². The minimum absolute atomic E-state index is 0.827. The minimum atomic E-state index is 0.827. The Hall–Kier alpha value is -3.07. The quantitative estimate of drug-likeness (QED) is 0.536. The van der Waals surface area contributed by atoms with Crippen LogP contribution in [-0.2, 0) is 6.54 Å². The molecule has 124 valence electrons. The molecule has 4 rings (SSSR count). The lowest BCUT2D eigenvalue weighted by molar-refractivity contribution is 0.798. The summed E-state index contributed by atoms with van der Waals surface area (Å²) in [5.74, 6) is 0. The van der Waals surface area contributed by atoms with E-state index in [9.17, 15) is 0 Å². The number of nitrogens with zero attached hydrogens (tertiary/aromatic N) is 3. The molecule has 0 unspecified atom stereocenters. The zero-order valence-corrected chi connectivity index (χ0v) is 14.6. The summed E-state index contributed by atoms with van der Waals surface area (Å²) in [4.78, 5) is 6.67. The molecular weight excluding hydrogens is 306 g/mol. The number of rotatable bonds is 4. The molecule has 3 heteroatoms. The van der Waals surface area contributed by atoms with Crippen molar-refractivity contribution in [2.75, 3.05) is 19.0 Å². The molecule has 25 heavy (non-hydrogen) atoms. The molecule has 0 saturated heterocycles. The summed E-state index contributed by atoms with van der Waals surface area (Å²) < 4.78 is 2.14. The second kappa shape index (κ2) is 6.44. The topological polar surface area (TPSA) is 21.1 Å². The highest BCUT2D eigenvalue weighted by Crippen LogP contribution is 2.22. The Labute approximate surface area is 148 Å². The van der Waals surface area contributed by atoms with Crippen molar-refractivity contribution in [3.63, 3.8) is 0 Å². The van der Waals surface area contributed by atoms with Crippen LogP contribution in [-0.4, -0.2) is 23.6 Å². The van der Waals surface area contributed by atoms with Gasteiger partial charge in [0.25, 0.3) is 0 Å². The van der Waals surface area contributed by atoms with Crippen LogP contribution in [0.4, 0.5) is 5.69 Å². The van der Waals surface area contributed by atoms with E-state index in [0.717, 1.165) is 17.8 Å². The first kappa shape index (κ1) is 15.5. The smallest absolute Gasteiger partial charge is 0.0956 e. The Kier molecular flexibility index (Phi) is 3.98. The lowest BCUT2D eigenvalue weighted by atomic mass is 10.1. The molecule has 0 aliphatic rings. The zero-order valence-electron chi connectivity index (χ0n) is 14.6. The molecule has 0 spiro atoms. The van der Waals surface area contributed by atoms with E-state index in [1.165, 1.54) is 22.0 Å². The molecule has 3 nitrogen and oxygen atoms in total. The fraction of sp³-hybridized carbons (Fsp3) is 0.136. The van der Waals surface area contributed by atoms with Crippen LogP contribution in [0.5, 0.6) is 0 Å². The molecule has 0 aliphatic carbocycles. The van der Waals surface area contributed by atoms with Gasteiger partial charge in [-0.1, -0.05) is 48.5 Å². The van der Waals surface area contributed by atoms with Crippen molar-refractivity contribution >= 4 is 16.5 Å². The molecular formula is C22H21N3. The highest BCUT2D eigenvalue weighted by molar-refractivity contribution is 5.83. The Morgan fingerprint density at radius 3 is 2.40 bits per heavy atom. The van der Waals surface area contributed by atoms with E-state index in [2.05, 4.69) is 87.4 Å². The third-order valence-electron chi connectivity index (χ3n) is 4.49. The predicted molar refractivity (Wildman–Crippen MR) is 105 cm³/mol. The van der Waals surface area contributed by atoms with Crippen LogP contribution in [0.25, 0.3) is 22.0 Å². The number of fused-ring (bicyclic) bond motifs is 1. The van der Waals surface area contributed by atoms with Crippen molar-refractivity contribution < 1.29 is 0 Å². The van der Waals surface area contributed by atoms with E-state index in [-0.39, 0.29) is 0 Å². The van der Waals surface area contributed by atoms with E-state index >= 15 is 0 Å². The fourth-order valence-electron chi connectivity index (χ4n) is 3.07. The van der Waals surface area contributed by atoms with Gasteiger partial charge in [-0.3, -0.25) is 0 Å². The van der Waals surface area contributed by atoms with Gasteiger partial charge in [0, 0.05) is 38.1 Å². The van der Waals surface area contributed by atoms with Crippen LogP contribution < -0.4 is 4.90 Å². The molecule has 1 heterocycles. The molecule has 0 radical (unpaired) electrons. The minimum Gasteiger partial charge on any atom is -0.378 e. The molecule has 0 bridgehead atoms. The summed E-state index contributed by atoms with van der Waals surface area (Å²) in [5.41, 5.74) is 4.62. The highest BCUT2D eigenvalue weighted by Gasteiger charge is 2.04. The van der Waals surface area contributed by atoms with Crippen molar-refractivity contribution in [2.45, 2.75) is 6.54 Å². The largest absolute Gasteiger partial charge is 0.378 e. The summed E-state index contributed by atoms with van der Waals surface area (Å²) in [6.45, 7) is 0.827. The Balaban J connectivity index is 1.56. The van der Waals surface area contributed by atoms with Gasteiger partial charge in [-0.2, -0.15) is 0 Å². The average Bonchev–Trinajstić information content (AvgIpc) is 3.10. The second-order valence-electron chi connectivity index (χ2n) is 6.55. The lowest BCUT2D eigenvalue weighted by Gasteiger charge is -2.12. The van der Waals surface area contributed by atoms with E-state index in [1.807, 2.05) is 20.4 Å². The second-order valence-corrected chi connectivity index (χ2v) is 6.55. The number of aromatic nitrogens is 2. The van der Waals surface area contributed by atoms with Crippen LogP contribution in [0.15, 0.2) is 79.3 Å². The van der Waals surface area contributed by atoms with E-state index < -0.39 is 0 Å². The highest BCUT2D eigenvalue weighted by atomic mass is 15.1. The molecule has 0 atom stereocenters. The summed E-state index contributed by atoms with van der Waals surface area (Å²) in [5, 5.41) is 2.55. The molecule has 0 fully saturated rings. The summed E-state index contributed by atoms with van der Waals surface area (Å²) in [6, 6.07) is 23.6. The van der Waals surface area contributed by atoms with Crippen molar-refractivity contribution in [2.24, 2.45) is 0 Å². The first-order chi connectivity index (χ1) is 12.2. The van der Waals surface area contributed by atoms with Crippen LogP contribution >= 0.6 is 0 Å². The molecule has 0 aliphatic heterocycles. The lowest BCUT2D eigenvalue weighted by Crippen LogP contribution is -2.07. The molecule has 0 N–H and O–H groups in total. The molecule has 0 saturated carbocycles. The maximum absolute atomic E-state index is 4.57. The summed E-state index contributed by atoms with van der Waals surface area (Å²) in [6.07, 6.45) is 4.02. The van der Waals surface area contributed by atoms with Gasteiger partial charge in [-0.15, -0.1) is 0 Å². The number of anilines is 1. The van der Waals surface area contributed by atoms with Gasteiger partial charge in [0.15, 0.2) is 0 Å². The van der Waals surface area contributed by atoms with Gasteiger partial charge in [-0.25, -0.2) is 4.98 Å².